The summed E-state index contributed by atoms with van der Waals surface area (Å²) in [6.45, 7) is 0. The Morgan fingerprint density at radius 3 is 2.50 bits per heavy atom. The Hall–Kier alpha value is -1.34. The number of rotatable bonds is 2. The highest BCUT2D eigenvalue weighted by molar-refractivity contribution is 9.10. The number of pyridine rings is 1. The summed E-state index contributed by atoms with van der Waals surface area (Å²) in [5.41, 5.74) is -1.31. The number of nitrogens with zero attached hydrogens (tertiary/aromatic N) is 1. The highest BCUT2D eigenvalue weighted by Gasteiger charge is 2.31. The second-order valence-electron chi connectivity index (χ2n) is 3.80. The summed E-state index contributed by atoms with van der Waals surface area (Å²) in [4.78, 5) is 3.87. The first kappa shape index (κ1) is 15.1. The minimum absolute atomic E-state index is 0.0630. The summed E-state index contributed by atoms with van der Waals surface area (Å²) < 4.78 is 51.9. The Bertz CT molecular complexity index is 646. The first-order valence-electron chi connectivity index (χ1n) is 5.22. The molecule has 1 aromatic heterocycles. The number of halogens is 6. The topological polar surface area (TPSA) is 24.9 Å². The molecule has 0 bridgehead atoms. The average Bonchev–Trinajstić information content (AvgIpc) is 2.33. The van der Waals surface area contributed by atoms with Crippen molar-refractivity contribution in [2.24, 2.45) is 0 Å². The molecular weight excluding hydrogens is 363 g/mol. The third-order valence-electron chi connectivity index (χ3n) is 2.35. The summed E-state index contributed by atoms with van der Waals surface area (Å²) in [6, 6.07) is 3.55. The molecule has 8 heteroatoms. The van der Waals surface area contributed by atoms with E-state index in [1.165, 1.54) is 12.3 Å². The van der Waals surface area contributed by atoms with Crippen molar-refractivity contribution in [3.63, 3.8) is 0 Å². The van der Waals surface area contributed by atoms with Gasteiger partial charge in [0.15, 0.2) is 0 Å². The van der Waals surface area contributed by atoms with Gasteiger partial charge in [0.05, 0.1) is 16.3 Å². The van der Waals surface area contributed by atoms with E-state index in [4.69, 9.17) is 11.6 Å². The largest absolute Gasteiger partial charge is 0.416 e. The van der Waals surface area contributed by atoms with Gasteiger partial charge in [-0.05, 0) is 40.2 Å². The highest BCUT2D eigenvalue weighted by atomic mass is 79.9. The fraction of sp³-hybridized carbons (Fsp3) is 0.0833. The van der Waals surface area contributed by atoms with Crippen LogP contribution in [0.25, 0.3) is 0 Å². The van der Waals surface area contributed by atoms with Gasteiger partial charge in [0.2, 0.25) is 0 Å². The van der Waals surface area contributed by atoms with Gasteiger partial charge in [0, 0.05) is 10.7 Å². The summed E-state index contributed by atoms with van der Waals surface area (Å²) >= 11 is 9.00. The molecule has 0 radical (unpaired) electrons. The quantitative estimate of drug-likeness (QED) is 0.717. The van der Waals surface area contributed by atoms with Crippen molar-refractivity contribution in [3.05, 3.63) is 51.3 Å². The molecule has 0 spiro atoms. The molecule has 1 heterocycles. The van der Waals surface area contributed by atoms with E-state index < -0.39 is 17.6 Å². The van der Waals surface area contributed by atoms with Crippen molar-refractivity contribution in [3.8, 4) is 0 Å². The molecule has 0 atom stereocenters. The molecule has 0 aliphatic rings. The van der Waals surface area contributed by atoms with Crippen LogP contribution in [0.4, 0.5) is 29.1 Å². The molecule has 0 aliphatic carbocycles. The van der Waals surface area contributed by atoms with E-state index in [9.17, 15) is 17.6 Å². The molecular formula is C12H6BrClF4N2. The molecule has 0 saturated carbocycles. The van der Waals surface area contributed by atoms with Crippen LogP contribution in [0.1, 0.15) is 5.56 Å². The van der Waals surface area contributed by atoms with Gasteiger partial charge in [-0.15, -0.1) is 0 Å². The van der Waals surface area contributed by atoms with E-state index in [0.29, 0.717) is 16.6 Å². The average molecular weight is 370 g/mol. The zero-order valence-corrected chi connectivity index (χ0v) is 11.9. The van der Waals surface area contributed by atoms with Gasteiger partial charge < -0.3 is 5.32 Å². The van der Waals surface area contributed by atoms with Gasteiger partial charge in [-0.2, -0.15) is 13.2 Å². The standard InChI is InChI=1S/C12H6BrClF4N2/c13-7-4-8(14)11(19-5-7)20-10-3-6(12(16,17)18)1-2-9(10)15/h1-5H,(H,19,20). The fourth-order valence-electron chi connectivity index (χ4n) is 1.43. The number of alkyl halides is 3. The van der Waals surface area contributed by atoms with E-state index in [0.717, 1.165) is 6.07 Å². The molecule has 2 aromatic rings. The molecule has 0 aliphatic heterocycles. The molecule has 1 N–H and O–H groups in total. The van der Waals surface area contributed by atoms with Gasteiger partial charge in [-0.25, -0.2) is 9.37 Å². The number of hydrogen-bond acceptors (Lipinski definition) is 2. The molecule has 0 fully saturated rings. The maximum atomic E-state index is 13.5. The number of nitrogens with one attached hydrogen (secondary N) is 1. The van der Waals surface area contributed by atoms with Crippen molar-refractivity contribution in [1.29, 1.82) is 0 Å². The van der Waals surface area contributed by atoms with Crippen molar-refractivity contribution < 1.29 is 17.6 Å². The maximum absolute atomic E-state index is 13.5. The Kier molecular flexibility index (Phi) is 4.19. The minimum Gasteiger partial charge on any atom is -0.337 e. The normalized spacial score (nSPS) is 11.5. The predicted molar refractivity (Wildman–Crippen MR) is 71.6 cm³/mol. The molecule has 0 amide bonds. The van der Waals surface area contributed by atoms with Gasteiger partial charge >= 0.3 is 6.18 Å². The first-order valence-corrected chi connectivity index (χ1v) is 6.39. The van der Waals surface area contributed by atoms with Crippen LogP contribution in [0.15, 0.2) is 34.9 Å². The first-order chi connectivity index (χ1) is 9.27. The zero-order chi connectivity index (χ0) is 14.9. The molecule has 20 heavy (non-hydrogen) atoms. The van der Waals surface area contributed by atoms with Crippen LogP contribution in [0, 0.1) is 5.82 Å². The predicted octanol–water partition coefficient (Wildman–Crippen LogP) is 5.40. The van der Waals surface area contributed by atoms with Crippen LogP contribution in [-0.2, 0) is 6.18 Å². The molecule has 2 nitrogen and oxygen atoms in total. The second kappa shape index (κ2) is 5.57. The van der Waals surface area contributed by atoms with E-state index in [-0.39, 0.29) is 16.5 Å². The van der Waals surface area contributed by atoms with E-state index in [1.807, 2.05) is 0 Å². The van der Waals surface area contributed by atoms with Crippen LogP contribution < -0.4 is 5.32 Å². The molecule has 2 rings (SSSR count). The number of aromatic nitrogens is 1. The van der Waals surface area contributed by atoms with Crippen molar-refractivity contribution in [1.82, 2.24) is 4.98 Å². The minimum atomic E-state index is -4.55. The molecule has 106 valence electrons. The Labute approximate surface area is 124 Å². The summed E-state index contributed by atoms with van der Waals surface area (Å²) in [5, 5.41) is 2.59. The van der Waals surface area contributed by atoms with Crippen molar-refractivity contribution >= 4 is 39.0 Å². The summed E-state index contributed by atoms with van der Waals surface area (Å²) in [6.07, 6.45) is -3.17. The fourth-order valence-corrected chi connectivity index (χ4v) is 2.11. The van der Waals surface area contributed by atoms with Gasteiger partial charge in [0.1, 0.15) is 11.6 Å². The Morgan fingerprint density at radius 2 is 1.90 bits per heavy atom. The second-order valence-corrected chi connectivity index (χ2v) is 5.12. The number of hydrogen-bond donors (Lipinski definition) is 1. The smallest absolute Gasteiger partial charge is 0.337 e. The van der Waals surface area contributed by atoms with Gasteiger partial charge in [-0.3, -0.25) is 0 Å². The zero-order valence-electron chi connectivity index (χ0n) is 9.60. The lowest BCUT2D eigenvalue weighted by Crippen LogP contribution is -2.06. The lowest BCUT2D eigenvalue weighted by Gasteiger charge is -2.12. The highest BCUT2D eigenvalue weighted by Crippen LogP contribution is 2.33. The van der Waals surface area contributed by atoms with E-state index in [2.05, 4.69) is 26.2 Å². The van der Waals surface area contributed by atoms with Gasteiger partial charge in [-0.1, -0.05) is 11.6 Å². The number of benzene rings is 1. The van der Waals surface area contributed by atoms with Crippen LogP contribution in [-0.4, -0.2) is 4.98 Å². The molecule has 0 unspecified atom stereocenters. The van der Waals surface area contributed by atoms with Crippen molar-refractivity contribution in [2.75, 3.05) is 5.32 Å². The monoisotopic (exact) mass is 368 g/mol. The van der Waals surface area contributed by atoms with E-state index >= 15 is 0 Å². The summed E-state index contributed by atoms with van der Waals surface area (Å²) in [7, 11) is 0. The summed E-state index contributed by atoms with van der Waals surface area (Å²) in [5.74, 6) is -0.771. The van der Waals surface area contributed by atoms with E-state index in [1.54, 1.807) is 0 Å². The third kappa shape index (κ3) is 3.40. The lowest BCUT2D eigenvalue weighted by molar-refractivity contribution is -0.137. The SMILES string of the molecule is Fc1ccc(C(F)(F)F)cc1Nc1ncc(Br)cc1Cl. The number of anilines is 2. The molecule has 0 saturated heterocycles. The van der Waals surface area contributed by atoms with Crippen LogP contribution in [0.3, 0.4) is 0 Å². The van der Waals surface area contributed by atoms with Crippen LogP contribution in [0.2, 0.25) is 5.02 Å². The van der Waals surface area contributed by atoms with Gasteiger partial charge in [0.25, 0.3) is 0 Å². The Balaban J connectivity index is 2.38. The lowest BCUT2D eigenvalue weighted by atomic mass is 10.2. The maximum Gasteiger partial charge on any atom is 0.416 e. The molecule has 1 aromatic carbocycles. The van der Waals surface area contributed by atoms with Crippen LogP contribution >= 0.6 is 27.5 Å². The Morgan fingerprint density at radius 1 is 1.20 bits per heavy atom. The van der Waals surface area contributed by atoms with Crippen molar-refractivity contribution in [2.45, 2.75) is 6.18 Å². The third-order valence-corrected chi connectivity index (χ3v) is 3.08. The van der Waals surface area contributed by atoms with Crippen LogP contribution in [0.5, 0.6) is 0 Å².